The van der Waals surface area contributed by atoms with Crippen molar-refractivity contribution < 1.29 is 0 Å². The van der Waals surface area contributed by atoms with E-state index in [9.17, 15) is 0 Å². The third-order valence-electron chi connectivity index (χ3n) is 2.84. The molecule has 2 heterocycles. The van der Waals surface area contributed by atoms with Crippen LogP contribution in [-0.4, -0.2) is 23.0 Å². The van der Waals surface area contributed by atoms with Gasteiger partial charge in [-0.05, 0) is 43.1 Å². The first-order chi connectivity index (χ1) is 6.75. The molecule has 1 aliphatic heterocycles. The molecule has 0 aromatic carbocycles. The quantitative estimate of drug-likeness (QED) is 0.727. The number of hydrogen-bond acceptors (Lipinski definition) is 2. The van der Waals surface area contributed by atoms with Crippen LogP contribution in [-0.2, 0) is 6.54 Å². The van der Waals surface area contributed by atoms with Crippen molar-refractivity contribution in [2.75, 3.05) is 13.1 Å². The highest BCUT2D eigenvalue weighted by atomic mass is 15.2. The predicted octanol–water partition coefficient (Wildman–Crippen LogP) is 2.41. The summed E-state index contributed by atoms with van der Waals surface area (Å²) in [7, 11) is 0. The molecule has 0 bridgehead atoms. The minimum Gasteiger partial charge on any atom is -0.297 e. The summed E-state index contributed by atoms with van der Waals surface area (Å²) in [6.07, 6.45) is 3.29. The lowest BCUT2D eigenvalue weighted by Crippen LogP contribution is -2.36. The highest BCUT2D eigenvalue weighted by Gasteiger charge is 2.14. The lowest BCUT2D eigenvalue weighted by atomic mass is 10.0. The summed E-state index contributed by atoms with van der Waals surface area (Å²) in [6, 6.07) is 4.35. The van der Waals surface area contributed by atoms with Crippen LogP contribution < -0.4 is 0 Å². The van der Waals surface area contributed by atoms with Crippen LogP contribution in [0.15, 0.2) is 18.3 Å². The Morgan fingerprint density at radius 2 is 2.21 bits per heavy atom. The maximum absolute atomic E-state index is 4.40. The zero-order valence-corrected chi connectivity index (χ0v) is 9.03. The van der Waals surface area contributed by atoms with Crippen molar-refractivity contribution in [2.45, 2.75) is 32.7 Å². The van der Waals surface area contributed by atoms with Gasteiger partial charge in [-0.3, -0.25) is 9.88 Å². The fourth-order valence-corrected chi connectivity index (χ4v) is 1.71. The molecule has 0 aliphatic carbocycles. The van der Waals surface area contributed by atoms with E-state index in [1.807, 2.05) is 6.20 Å². The van der Waals surface area contributed by atoms with Gasteiger partial charge in [0.05, 0.1) is 5.69 Å². The smallest absolute Gasteiger partial charge is 0.0546 e. The fraction of sp³-hybridized carbons (Fsp3) is 0.583. The normalized spacial score (nSPS) is 17.1. The summed E-state index contributed by atoms with van der Waals surface area (Å²) < 4.78 is 0. The number of aromatic nitrogens is 1. The maximum atomic E-state index is 4.40. The molecule has 1 saturated heterocycles. The summed E-state index contributed by atoms with van der Waals surface area (Å²) >= 11 is 0. The van der Waals surface area contributed by atoms with Crippen molar-refractivity contribution in [3.8, 4) is 0 Å². The molecule has 1 aliphatic rings. The van der Waals surface area contributed by atoms with Crippen molar-refractivity contribution in [2.24, 2.45) is 0 Å². The second-order valence-corrected chi connectivity index (χ2v) is 4.36. The van der Waals surface area contributed by atoms with Gasteiger partial charge in [0.1, 0.15) is 0 Å². The largest absolute Gasteiger partial charge is 0.297 e. The zero-order valence-electron chi connectivity index (χ0n) is 9.03. The molecule has 1 aromatic rings. The minimum absolute atomic E-state index is 0.605. The molecule has 2 nitrogen and oxygen atoms in total. The van der Waals surface area contributed by atoms with Crippen LogP contribution in [0.5, 0.6) is 0 Å². The van der Waals surface area contributed by atoms with E-state index in [1.54, 1.807) is 0 Å². The Morgan fingerprint density at radius 1 is 1.43 bits per heavy atom. The van der Waals surface area contributed by atoms with E-state index in [0.29, 0.717) is 5.92 Å². The molecule has 0 spiro atoms. The molecule has 14 heavy (non-hydrogen) atoms. The molecule has 2 heteroatoms. The first-order valence-electron chi connectivity index (χ1n) is 5.43. The van der Waals surface area contributed by atoms with Gasteiger partial charge < -0.3 is 0 Å². The summed E-state index contributed by atoms with van der Waals surface area (Å²) in [4.78, 5) is 6.84. The number of pyridine rings is 1. The van der Waals surface area contributed by atoms with Crippen LogP contribution in [0.3, 0.4) is 0 Å². The molecule has 76 valence electrons. The summed E-state index contributed by atoms with van der Waals surface area (Å²) in [5, 5.41) is 0. The Labute approximate surface area is 86.0 Å². The Balaban J connectivity index is 2.05. The third kappa shape index (κ3) is 2.13. The van der Waals surface area contributed by atoms with Gasteiger partial charge in [-0.15, -0.1) is 0 Å². The molecule has 2 rings (SSSR count). The topological polar surface area (TPSA) is 16.1 Å². The van der Waals surface area contributed by atoms with Gasteiger partial charge in [0, 0.05) is 12.7 Å². The highest BCUT2D eigenvalue weighted by Crippen LogP contribution is 2.16. The van der Waals surface area contributed by atoms with E-state index in [4.69, 9.17) is 0 Å². The fourth-order valence-electron chi connectivity index (χ4n) is 1.71. The highest BCUT2D eigenvalue weighted by molar-refractivity contribution is 5.19. The second kappa shape index (κ2) is 4.09. The summed E-state index contributed by atoms with van der Waals surface area (Å²) in [6.45, 7) is 7.97. The molecule has 1 fully saturated rings. The standard InChI is InChI=1S/C12H18N2/c1-10(2)11-4-5-13-12(8-11)9-14-6-3-7-14/h4-5,8,10H,3,6-7,9H2,1-2H3. The van der Waals surface area contributed by atoms with Crippen LogP contribution in [0.4, 0.5) is 0 Å². The Hall–Kier alpha value is -0.890. The molecular weight excluding hydrogens is 172 g/mol. The number of rotatable bonds is 3. The SMILES string of the molecule is CC(C)c1ccnc(CN2CCC2)c1. The molecule has 0 N–H and O–H groups in total. The van der Waals surface area contributed by atoms with E-state index in [1.165, 1.54) is 30.8 Å². The van der Waals surface area contributed by atoms with E-state index >= 15 is 0 Å². The van der Waals surface area contributed by atoms with E-state index in [-0.39, 0.29) is 0 Å². The monoisotopic (exact) mass is 190 g/mol. The van der Waals surface area contributed by atoms with Gasteiger partial charge in [-0.25, -0.2) is 0 Å². The molecule has 0 amide bonds. The van der Waals surface area contributed by atoms with Crippen molar-refractivity contribution in [1.82, 2.24) is 9.88 Å². The van der Waals surface area contributed by atoms with Crippen molar-refractivity contribution in [3.63, 3.8) is 0 Å². The van der Waals surface area contributed by atoms with Crippen LogP contribution in [0.25, 0.3) is 0 Å². The first-order valence-corrected chi connectivity index (χ1v) is 5.43. The van der Waals surface area contributed by atoms with E-state index in [2.05, 4.69) is 35.9 Å². The van der Waals surface area contributed by atoms with Gasteiger partial charge in [0.25, 0.3) is 0 Å². The summed E-state index contributed by atoms with van der Waals surface area (Å²) in [5.74, 6) is 0.605. The Kier molecular flexibility index (Phi) is 2.82. The summed E-state index contributed by atoms with van der Waals surface area (Å²) in [5.41, 5.74) is 2.62. The molecule has 0 saturated carbocycles. The lowest BCUT2D eigenvalue weighted by molar-refractivity contribution is 0.170. The Bertz CT molecular complexity index is 303. The van der Waals surface area contributed by atoms with E-state index < -0.39 is 0 Å². The van der Waals surface area contributed by atoms with Crippen LogP contribution in [0, 0.1) is 0 Å². The van der Waals surface area contributed by atoms with Crippen LogP contribution >= 0.6 is 0 Å². The average Bonchev–Trinajstić information content (AvgIpc) is 2.12. The van der Waals surface area contributed by atoms with Crippen LogP contribution in [0.2, 0.25) is 0 Å². The number of likely N-dealkylation sites (tertiary alicyclic amines) is 1. The van der Waals surface area contributed by atoms with Crippen molar-refractivity contribution in [1.29, 1.82) is 0 Å². The zero-order chi connectivity index (χ0) is 9.97. The molecule has 1 aromatic heterocycles. The molecule has 0 radical (unpaired) electrons. The first kappa shape index (κ1) is 9.66. The van der Waals surface area contributed by atoms with Gasteiger partial charge in [-0.1, -0.05) is 13.8 Å². The number of nitrogens with zero attached hydrogens (tertiary/aromatic N) is 2. The van der Waals surface area contributed by atoms with E-state index in [0.717, 1.165) is 6.54 Å². The molecule has 0 atom stereocenters. The predicted molar refractivity (Wildman–Crippen MR) is 58.2 cm³/mol. The van der Waals surface area contributed by atoms with Gasteiger partial charge in [0.2, 0.25) is 0 Å². The third-order valence-corrected chi connectivity index (χ3v) is 2.84. The van der Waals surface area contributed by atoms with Crippen molar-refractivity contribution in [3.05, 3.63) is 29.6 Å². The second-order valence-electron chi connectivity index (χ2n) is 4.36. The number of hydrogen-bond donors (Lipinski definition) is 0. The Morgan fingerprint density at radius 3 is 2.79 bits per heavy atom. The van der Waals surface area contributed by atoms with Crippen LogP contribution in [0.1, 0.15) is 37.4 Å². The molecular formula is C12H18N2. The molecule has 0 unspecified atom stereocenters. The van der Waals surface area contributed by atoms with Gasteiger partial charge in [-0.2, -0.15) is 0 Å². The van der Waals surface area contributed by atoms with Gasteiger partial charge in [0.15, 0.2) is 0 Å². The lowest BCUT2D eigenvalue weighted by Gasteiger charge is -2.30. The maximum Gasteiger partial charge on any atom is 0.0546 e. The van der Waals surface area contributed by atoms with Gasteiger partial charge >= 0.3 is 0 Å². The van der Waals surface area contributed by atoms with Crippen molar-refractivity contribution >= 4 is 0 Å². The average molecular weight is 190 g/mol. The minimum atomic E-state index is 0.605.